The molecule has 5 nitrogen and oxygen atoms in total. The molecule has 1 atom stereocenters. The molecule has 2 aliphatic heterocycles. The van der Waals surface area contributed by atoms with E-state index in [1.165, 1.54) is 6.08 Å². The molecule has 0 aromatic heterocycles. The minimum Gasteiger partial charge on any atom is -0.396 e. The number of carbonyl (C=O) groups is 2. The van der Waals surface area contributed by atoms with Crippen LogP contribution in [0, 0.1) is 11.3 Å². The first-order valence-corrected chi connectivity index (χ1v) is 10.8. The van der Waals surface area contributed by atoms with E-state index in [1.807, 2.05) is 35.2 Å². The quantitative estimate of drug-likeness (QED) is 0.776. The summed E-state index contributed by atoms with van der Waals surface area (Å²) in [4.78, 5) is 29.8. The third-order valence-corrected chi connectivity index (χ3v) is 7.27. The van der Waals surface area contributed by atoms with Crippen molar-refractivity contribution in [1.82, 2.24) is 9.80 Å². The molecule has 29 heavy (non-hydrogen) atoms. The predicted octanol–water partition coefficient (Wildman–Crippen LogP) is 2.99. The number of hydrogen-bond donors (Lipinski definition) is 1. The van der Waals surface area contributed by atoms with Crippen molar-refractivity contribution in [3.05, 3.63) is 48.6 Å². The van der Waals surface area contributed by atoms with E-state index < -0.39 is 5.41 Å². The van der Waals surface area contributed by atoms with Crippen LogP contribution in [0.3, 0.4) is 0 Å². The average Bonchev–Trinajstić information content (AvgIpc) is 2.78. The highest BCUT2D eigenvalue weighted by atomic mass is 16.3. The fraction of sp³-hybridized carbons (Fsp3) is 0.583. The van der Waals surface area contributed by atoms with Crippen molar-refractivity contribution in [2.75, 3.05) is 32.8 Å². The first kappa shape index (κ1) is 21.6. The topological polar surface area (TPSA) is 60.9 Å². The van der Waals surface area contributed by atoms with Gasteiger partial charge in [-0.05, 0) is 43.2 Å². The fourth-order valence-corrected chi connectivity index (χ4v) is 5.04. The molecule has 0 aliphatic carbocycles. The maximum atomic E-state index is 14.0. The van der Waals surface area contributed by atoms with Gasteiger partial charge in [-0.25, -0.2) is 0 Å². The van der Waals surface area contributed by atoms with Crippen molar-refractivity contribution < 1.29 is 14.7 Å². The Bertz CT molecular complexity index is 738. The second kappa shape index (κ2) is 8.70. The number of likely N-dealkylation sites (tertiary alicyclic amines) is 2. The molecule has 0 saturated carbocycles. The number of piperidine rings is 2. The van der Waals surface area contributed by atoms with Crippen LogP contribution in [-0.2, 0) is 15.0 Å². The molecule has 2 heterocycles. The Hall–Kier alpha value is -2.14. The zero-order valence-electron chi connectivity index (χ0n) is 17.8. The molecule has 0 radical (unpaired) electrons. The molecule has 5 heteroatoms. The summed E-state index contributed by atoms with van der Waals surface area (Å²) >= 11 is 0. The van der Waals surface area contributed by atoms with Crippen molar-refractivity contribution in [1.29, 1.82) is 0 Å². The van der Waals surface area contributed by atoms with Crippen LogP contribution in [-0.4, -0.2) is 59.5 Å². The van der Waals surface area contributed by atoms with E-state index in [4.69, 9.17) is 0 Å². The lowest BCUT2D eigenvalue weighted by Gasteiger charge is -2.49. The standard InChI is InChI=1S/C24H34N2O3/c1-4-21(28)25-15-12-24(13-16-25,20-9-6-5-7-10-20)22(29)26-14-8-11-23(17-26,18-27)19(2)3/h4-7,9-10,19,27H,1,8,11-18H2,2-3H3. The summed E-state index contributed by atoms with van der Waals surface area (Å²) in [7, 11) is 0. The number of benzene rings is 1. The van der Waals surface area contributed by atoms with Gasteiger partial charge in [-0.15, -0.1) is 0 Å². The van der Waals surface area contributed by atoms with Crippen LogP contribution in [0.15, 0.2) is 43.0 Å². The van der Waals surface area contributed by atoms with E-state index in [-0.39, 0.29) is 23.8 Å². The number of nitrogens with zero attached hydrogens (tertiary/aromatic N) is 2. The van der Waals surface area contributed by atoms with E-state index in [9.17, 15) is 14.7 Å². The summed E-state index contributed by atoms with van der Waals surface area (Å²) in [5, 5.41) is 10.1. The Labute approximate surface area is 174 Å². The van der Waals surface area contributed by atoms with Gasteiger partial charge in [0, 0.05) is 31.6 Å². The predicted molar refractivity (Wildman–Crippen MR) is 114 cm³/mol. The van der Waals surface area contributed by atoms with Gasteiger partial charge >= 0.3 is 0 Å². The van der Waals surface area contributed by atoms with Gasteiger partial charge < -0.3 is 14.9 Å². The normalized spacial score (nSPS) is 24.4. The maximum Gasteiger partial charge on any atom is 0.245 e. The molecule has 3 rings (SSSR count). The third kappa shape index (κ3) is 3.97. The summed E-state index contributed by atoms with van der Waals surface area (Å²) < 4.78 is 0. The van der Waals surface area contributed by atoms with E-state index in [0.717, 1.165) is 24.9 Å². The molecular formula is C24H34N2O3. The highest BCUT2D eigenvalue weighted by Gasteiger charge is 2.48. The minimum absolute atomic E-state index is 0.0730. The molecule has 2 amide bonds. The number of aliphatic hydroxyl groups excluding tert-OH is 1. The Balaban J connectivity index is 1.90. The summed E-state index contributed by atoms with van der Waals surface area (Å²) in [5.41, 5.74) is 0.181. The Morgan fingerprint density at radius 3 is 2.31 bits per heavy atom. The third-order valence-electron chi connectivity index (χ3n) is 7.27. The molecule has 2 fully saturated rings. The number of carbonyl (C=O) groups excluding carboxylic acids is 2. The Kier molecular flexibility index (Phi) is 6.47. The van der Waals surface area contributed by atoms with Crippen LogP contribution in [0.25, 0.3) is 0 Å². The van der Waals surface area contributed by atoms with Crippen molar-refractivity contribution in [3.63, 3.8) is 0 Å². The highest BCUT2D eigenvalue weighted by Crippen LogP contribution is 2.42. The van der Waals surface area contributed by atoms with Crippen LogP contribution in [0.1, 0.15) is 45.1 Å². The first-order valence-electron chi connectivity index (χ1n) is 10.8. The summed E-state index contributed by atoms with van der Waals surface area (Å²) in [6.07, 6.45) is 4.43. The van der Waals surface area contributed by atoms with Gasteiger partial charge in [0.15, 0.2) is 0 Å². The van der Waals surface area contributed by atoms with E-state index in [1.54, 1.807) is 4.90 Å². The smallest absolute Gasteiger partial charge is 0.245 e. The Morgan fingerprint density at radius 1 is 1.10 bits per heavy atom. The maximum absolute atomic E-state index is 14.0. The lowest BCUT2D eigenvalue weighted by atomic mass is 9.68. The van der Waals surface area contributed by atoms with Crippen molar-refractivity contribution >= 4 is 11.8 Å². The number of amides is 2. The van der Waals surface area contributed by atoms with Crippen LogP contribution in [0.4, 0.5) is 0 Å². The fourth-order valence-electron chi connectivity index (χ4n) is 5.04. The van der Waals surface area contributed by atoms with Crippen molar-refractivity contribution in [2.24, 2.45) is 11.3 Å². The lowest BCUT2D eigenvalue weighted by molar-refractivity contribution is -0.146. The Morgan fingerprint density at radius 2 is 1.76 bits per heavy atom. The first-order chi connectivity index (χ1) is 13.9. The summed E-state index contributed by atoms with van der Waals surface area (Å²) in [6.45, 7) is 10.4. The number of hydrogen-bond acceptors (Lipinski definition) is 3. The summed E-state index contributed by atoms with van der Waals surface area (Å²) in [6, 6.07) is 10.00. The highest BCUT2D eigenvalue weighted by molar-refractivity contribution is 5.90. The molecule has 1 aromatic carbocycles. The van der Waals surface area contributed by atoms with Crippen LogP contribution in [0.5, 0.6) is 0 Å². The lowest BCUT2D eigenvalue weighted by Crippen LogP contribution is -2.58. The van der Waals surface area contributed by atoms with Crippen LogP contribution in [0.2, 0.25) is 0 Å². The largest absolute Gasteiger partial charge is 0.396 e. The molecule has 2 aliphatic rings. The van der Waals surface area contributed by atoms with Gasteiger partial charge in [0.05, 0.1) is 12.0 Å². The second-order valence-electron chi connectivity index (χ2n) is 8.98. The van der Waals surface area contributed by atoms with E-state index >= 15 is 0 Å². The number of aliphatic hydroxyl groups is 1. The molecule has 1 unspecified atom stereocenters. The van der Waals surface area contributed by atoms with Gasteiger partial charge in [0.25, 0.3) is 0 Å². The van der Waals surface area contributed by atoms with Gasteiger partial charge in [0.2, 0.25) is 11.8 Å². The van der Waals surface area contributed by atoms with Crippen molar-refractivity contribution in [2.45, 2.75) is 44.9 Å². The van der Waals surface area contributed by atoms with Gasteiger partial charge in [-0.2, -0.15) is 0 Å². The minimum atomic E-state index is -0.616. The molecule has 0 bridgehead atoms. The average molecular weight is 399 g/mol. The van der Waals surface area contributed by atoms with E-state index in [2.05, 4.69) is 20.4 Å². The molecule has 1 aromatic rings. The van der Waals surface area contributed by atoms with Gasteiger partial charge in [-0.1, -0.05) is 50.8 Å². The molecule has 1 N–H and O–H groups in total. The second-order valence-corrected chi connectivity index (χ2v) is 8.98. The molecular weight excluding hydrogens is 364 g/mol. The molecule has 2 saturated heterocycles. The van der Waals surface area contributed by atoms with Gasteiger partial charge in [-0.3, -0.25) is 9.59 Å². The van der Waals surface area contributed by atoms with Crippen LogP contribution >= 0.6 is 0 Å². The summed E-state index contributed by atoms with van der Waals surface area (Å²) in [5.74, 6) is 0.381. The number of rotatable bonds is 5. The molecule has 158 valence electrons. The zero-order valence-corrected chi connectivity index (χ0v) is 17.8. The van der Waals surface area contributed by atoms with Crippen LogP contribution < -0.4 is 0 Å². The van der Waals surface area contributed by atoms with E-state index in [0.29, 0.717) is 38.4 Å². The van der Waals surface area contributed by atoms with Crippen molar-refractivity contribution in [3.8, 4) is 0 Å². The zero-order chi connectivity index (χ0) is 21.1. The molecule has 0 spiro atoms. The SMILES string of the molecule is C=CC(=O)N1CCC(C(=O)N2CCCC(CO)(C(C)C)C2)(c2ccccc2)CC1. The van der Waals surface area contributed by atoms with Gasteiger partial charge in [0.1, 0.15) is 0 Å². The monoisotopic (exact) mass is 398 g/mol.